The molecular formula is C22H33N3O4S. The Kier molecular flexibility index (Phi) is 7.52. The van der Waals surface area contributed by atoms with Crippen LogP contribution in [0, 0.1) is 5.92 Å². The van der Waals surface area contributed by atoms with Crippen molar-refractivity contribution >= 4 is 21.8 Å². The van der Waals surface area contributed by atoms with Crippen molar-refractivity contribution in [2.75, 3.05) is 32.7 Å². The van der Waals surface area contributed by atoms with E-state index in [2.05, 4.69) is 19.2 Å². The van der Waals surface area contributed by atoms with E-state index in [4.69, 9.17) is 0 Å². The molecule has 1 aromatic rings. The fourth-order valence-electron chi connectivity index (χ4n) is 4.13. The van der Waals surface area contributed by atoms with Gasteiger partial charge in [0, 0.05) is 45.1 Å². The number of nitrogens with zero attached hydrogens (tertiary/aromatic N) is 2. The Balaban J connectivity index is 1.46. The largest absolute Gasteiger partial charge is 0.355 e. The van der Waals surface area contributed by atoms with Crippen molar-refractivity contribution in [2.24, 2.45) is 5.92 Å². The highest BCUT2D eigenvalue weighted by molar-refractivity contribution is 7.89. The van der Waals surface area contributed by atoms with Gasteiger partial charge in [-0.2, -0.15) is 4.31 Å². The Hall–Kier alpha value is -1.93. The van der Waals surface area contributed by atoms with E-state index in [1.165, 1.54) is 4.31 Å². The zero-order chi connectivity index (χ0) is 21.7. The Morgan fingerprint density at radius 1 is 1.03 bits per heavy atom. The van der Waals surface area contributed by atoms with Gasteiger partial charge in [-0.15, -0.1) is 0 Å². The van der Waals surface area contributed by atoms with Crippen molar-refractivity contribution in [3.63, 3.8) is 0 Å². The summed E-state index contributed by atoms with van der Waals surface area (Å²) in [5, 5.41) is 2.87. The second-order valence-electron chi connectivity index (χ2n) is 8.53. The molecule has 8 heteroatoms. The summed E-state index contributed by atoms with van der Waals surface area (Å²) in [5.41, 5.74) is 1.10. The predicted molar refractivity (Wildman–Crippen MR) is 115 cm³/mol. The van der Waals surface area contributed by atoms with Crippen molar-refractivity contribution in [1.29, 1.82) is 0 Å². The lowest BCUT2D eigenvalue weighted by Crippen LogP contribution is -2.50. The van der Waals surface area contributed by atoms with E-state index in [0.717, 1.165) is 31.2 Å². The first-order chi connectivity index (χ1) is 14.3. The van der Waals surface area contributed by atoms with E-state index in [1.807, 2.05) is 12.1 Å². The van der Waals surface area contributed by atoms with Crippen LogP contribution in [-0.4, -0.2) is 62.2 Å². The van der Waals surface area contributed by atoms with Crippen LogP contribution < -0.4 is 5.32 Å². The average Bonchev–Trinajstić information content (AvgIpc) is 3.29. The molecule has 3 rings (SSSR count). The highest BCUT2D eigenvalue weighted by Gasteiger charge is 2.30. The van der Waals surface area contributed by atoms with E-state index in [0.29, 0.717) is 30.4 Å². The quantitative estimate of drug-likeness (QED) is 0.712. The number of benzene rings is 1. The smallest absolute Gasteiger partial charge is 0.243 e. The normalized spacial score (nSPS) is 18.7. The number of carbonyl (C=O) groups excluding carboxylic acids is 2. The van der Waals surface area contributed by atoms with Gasteiger partial charge in [-0.05, 0) is 36.5 Å². The van der Waals surface area contributed by atoms with E-state index < -0.39 is 10.0 Å². The van der Waals surface area contributed by atoms with E-state index in [1.54, 1.807) is 17.0 Å². The van der Waals surface area contributed by atoms with E-state index >= 15 is 0 Å². The Bertz CT molecular complexity index is 838. The zero-order valence-corrected chi connectivity index (χ0v) is 18.8. The number of hydrogen-bond donors (Lipinski definition) is 1. The summed E-state index contributed by atoms with van der Waals surface area (Å²) in [4.78, 5) is 26.5. The Labute approximate surface area is 179 Å². The third-order valence-electron chi connectivity index (χ3n) is 6.14. The highest BCUT2D eigenvalue weighted by atomic mass is 32.2. The maximum absolute atomic E-state index is 12.9. The average molecular weight is 436 g/mol. The summed E-state index contributed by atoms with van der Waals surface area (Å²) in [6.07, 6.45) is 4.34. The van der Waals surface area contributed by atoms with Gasteiger partial charge in [0.05, 0.1) is 4.90 Å². The van der Waals surface area contributed by atoms with Crippen LogP contribution in [0.15, 0.2) is 29.2 Å². The lowest BCUT2D eigenvalue weighted by Gasteiger charge is -2.34. The van der Waals surface area contributed by atoms with Crippen molar-refractivity contribution in [3.8, 4) is 0 Å². The molecule has 0 unspecified atom stereocenters. The molecule has 0 radical (unpaired) electrons. The van der Waals surface area contributed by atoms with Crippen LogP contribution in [0.2, 0.25) is 0 Å². The molecule has 2 aliphatic rings. The third-order valence-corrected chi connectivity index (χ3v) is 8.05. The number of sulfonamides is 1. The standard InChI is InChI=1S/C22H33N3O4S/c1-17(2)18-7-9-20(10-8-18)30(28,29)25-15-13-24(14-16-25)21(26)11-12-23-22(27)19-5-3-4-6-19/h7-10,17,19H,3-6,11-16H2,1-2H3,(H,23,27). The SMILES string of the molecule is CC(C)c1ccc(S(=O)(=O)N2CCN(C(=O)CCNC(=O)C3CCCC3)CC2)cc1. The minimum Gasteiger partial charge on any atom is -0.355 e. The first-order valence-electron chi connectivity index (χ1n) is 10.9. The topological polar surface area (TPSA) is 86.8 Å². The molecular weight excluding hydrogens is 402 g/mol. The summed E-state index contributed by atoms with van der Waals surface area (Å²) in [6.45, 7) is 5.80. The summed E-state index contributed by atoms with van der Waals surface area (Å²) >= 11 is 0. The maximum Gasteiger partial charge on any atom is 0.243 e. The van der Waals surface area contributed by atoms with Gasteiger partial charge >= 0.3 is 0 Å². The summed E-state index contributed by atoms with van der Waals surface area (Å²) < 4.78 is 27.2. The molecule has 1 heterocycles. The number of hydrogen-bond acceptors (Lipinski definition) is 4. The van der Waals surface area contributed by atoms with Crippen LogP contribution in [0.3, 0.4) is 0 Å². The minimum atomic E-state index is -3.55. The molecule has 166 valence electrons. The highest BCUT2D eigenvalue weighted by Crippen LogP contribution is 2.24. The van der Waals surface area contributed by atoms with Gasteiger partial charge in [0.25, 0.3) is 0 Å². The fourth-order valence-corrected chi connectivity index (χ4v) is 5.56. The lowest BCUT2D eigenvalue weighted by molar-refractivity contribution is -0.132. The summed E-state index contributed by atoms with van der Waals surface area (Å²) in [6, 6.07) is 7.04. The lowest BCUT2D eigenvalue weighted by atomic mass is 10.0. The molecule has 1 aromatic carbocycles. The molecule has 1 saturated carbocycles. The number of piperazine rings is 1. The molecule has 1 saturated heterocycles. The van der Waals surface area contributed by atoms with Crippen molar-refractivity contribution in [2.45, 2.75) is 56.8 Å². The van der Waals surface area contributed by atoms with Crippen molar-refractivity contribution in [1.82, 2.24) is 14.5 Å². The van der Waals surface area contributed by atoms with Gasteiger partial charge < -0.3 is 10.2 Å². The zero-order valence-electron chi connectivity index (χ0n) is 18.0. The minimum absolute atomic E-state index is 0.0416. The Morgan fingerprint density at radius 2 is 1.63 bits per heavy atom. The number of carbonyl (C=O) groups is 2. The fraction of sp³-hybridized carbons (Fsp3) is 0.636. The molecule has 1 aliphatic heterocycles. The molecule has 2 fully saturated rings. The van der Waals surface area contributed by atoms with Crippen LogP contribution in [0.25, 0.3) is 0 Å². The van der Waals surface area contributed by atoms with Crippen molar-refractivity contribution in [3.05, 3.63) is 29.8 Å². The maximum atomic E-state index is 12.9. The Morgan fingerprint density at radius 3 is 2.20 bits per heavy atom. The van der Waals surface area contributed by atoms with Crippen LogP contribution >= 0.6 is 0 Å². The third kappa shape index (κ3) is 5.40. The van der Waals surface area contributed by atoms with Crippen LogP contribution in [-0.2, 0) is 19.6 Å². The van der Waals surface area contributed by atoms with Crippen molar-refractivity contribution < 1.29 is 18.0 Å². The molecule has 0 aromatic heterocycles. The molecule has 30 heavy (non-hydrogen) atoms. The molecule has 0 atom stereocenters. The predicted octanol–water partition coefficient (Wildman–Crippen LogP) is 2.34. The molecule has 1 N–H and O–H groups in total. The van der Waals surface area contributed by atoms with Gasteiger partial charge in [-0.25, -0.2) is 8.42 Å². The molecule has 0 spiro atoms. The summed E-state index contributed by atoms with van der Waals surface area (Å²) in [7, 11) is -3.55. The molecule has 2 amide bonds. The molecule has 7 nitrogen and oxygen atoms in total. The molecule has 0 bridgehead atoms. The second-order valence-corrected chi connectivity index (χ2v) is 10.5. The van der Waals surface area contributed by atoms with Gasteiger partial charge in [-0.3, -0.25) is 9.59 Å². The van der Waals surface area contributed by atoms with E-state index in [9.17, 15) is 18.0 Å². The number of nitrogens with one attached hydrogen (secondary N) is 1. The van der Waals surface area contributed by atoms with Gasteiger partial charge in [0.15, 0.2) is 0 Å². The molecule has 1 aliphatic carbocycles. The number of amides is 2. The number of rotatable bonds is 7. The van der Waals surface area contributed by atoms with Gasteiger partial charge in [-0.1, -0.05) is 38.8 Å². The van der Waals surface area contributed by atoms with Crippen LogP contribution in [0.1, 0.15) is 57.4 Å². The summed E-state index contributed by atoms with van der Waals surface area (Å²) in [5.74, 6) is 0.461. The monoisotopic (exact) mass is 435 g/mol. The second kappa shape index (κ2) is 9.92. The first kappa shape index (κ1) is 22.7. The van der Waals surface area contributed by atoms with E-state index in [-0.39, 0.29) is 37.2 Å². The van der Waals surface area contributed by atoms with Crippen LogP contribution in [0.4, 0.5) is 0 Å². The first-order valence-corrected chi connectivity index (χ1v) is 12.4. The van der Waals surface area contributed by atoms with Crippen LogP contribution in [0.5, 0.6) is 0 Å². The van der Waals surface area contributed by atoms with Gasteiger partial charge in [0.1, 0.15) is 0 Å². The van der Waals surface area contributed by atoms with Gasteiger partial charge in [0.2, 0.25) is 21.8 Å².